The number of fused-ring (bicyclic) bond motifs is 2. The number of halogens is 1. The molecule has 43 heavy (non-hydrogen) atoms. The molecule has 10 heteroatoms. The van der Waals surface area contributed by atoms with Gasteiger partial charge in [-0.15, -0.1) is 0 Å². The smallest absolute Gasteiger partial charge is 0.282 e. The molecule has 0 spiro atoms. The van der Waals surface area contributed by atoms with E-state index in [0.29, 0.717) is 44.1 Å². The van der Waals surface area contributed by atoms with Crippen molar-refractivity contribution in [1.29, 1.82) is 5.26 Å². The van der Waals surface area contributed by atoms with Crippen molar-refractivity contribution in [3.8, 4) is 11.9 Å². The monoisotopic (exact) mass is 583 g/mol. The number of benzene rings is 1. The van der Waals surface area contributed by atoms with Gasteiger partial charge < -0.3 is 24.3 Å². The first kappa shape index (κ1) is 28.9. The fraction of sp³-hybridized carbons (Fsp3) is 0.455. The summed E-state index contributed by atoms with van der Waals surface area (Å²) in [7, 11) is 2.10. The van der Waals surface area contributed by atoms with E-state index in [9.17, 15) is 14.4 Å². The zero-order valence-electron chi connectivity index (χ0n) is 25.1. The summed E-state index contributed by atoms with van der Waals surface area (Å²) in [4.78, 5) is 30.3. The van der Waals surface area contributed by atoms with Crippen LogP contribution in [0.5, 0.6) is 5.88 Å². The molecule has 0 N–H and O–H groups in total. The number of nitriles is 1. The van der Waals surface area contributed by atoms with Gasteiger partial charge in [-0.2, -0.15) is 5.26 Å². The molecule has 0 radical (unpaired) electrons. The second-order valence-corrected chi connectivity index (χ2v) is 12.0. The van der Waals surface area contributed by atoms with Gasteiger partial charge >= 0.3 is 0 Å². The van der Waals surface area contributed by atoms with Gasteiger partial charge in [-0.25, -0.2) is 9.37 Å². The van der Waals surface area contributed by atoms with Crippen molar-refractivity contribution in [1.82, 2.24) is 19.8 Å². The normalized spacial score (nSPS) is 22.4. The number of carbonyl (C=O) groups is 1. The molecule has 2 saturated heterocycles. The number of nitrogens with zero attached hydrogens (tertiary/aromatic N) is 7. The molecule has 9 nitrogen and oxygen atoms in total. The van der Waals surface area contributed by atoms with E-state index in [0.717, 1.165) is 59.3 Å². The molecular formula is C33H38FN7O2. The predicted molar refractivity (Wildman–Crippen MR) is 165 cm³/mol. The van der Waals surface area contributed by atoms with Crippen molar-refractivity contribution < 1.29 is 13.9 Å². The van der Waals surface area contributed by atoms with Crippen LogP contribution in [0.4, 0.5) is 15.8 Å². The van der Waals surface area contributed by atoms with Crippen molar-refractivity contribution in [3.05, 3.63) is 65.9 Å². The van der Waals surface area contributed by atoms with E-state index in [2.05, 4.69) is 57.6 Å². The summed E-state index contributed by atoms with van der Waals surface area (Å²) < 4.78 is 20.3. The zero-order valence-corrected chi connectivity index (χ0v) is 25.1. The molecule has 0 aliphatic carbocycles. The molecule has 2 fully saturated rings. The zero-order chi connectivity index (χ0) is 30.2. The van der Waals surface area contributed by atoms with E-state index in [1.165, 1.54) is 0 Å². The first-order chi connectivity index (χ1) is 20.8. The number of aromatic nitrogens is 2. The van der Waals surface area contributed by atoms with Crippen LogP contribution in [-0.4, -0.2) is 83.6 Å². The quantitative estimate of drug-likeness (QED) is 0.394. The van der Waals surface area contributed by atoms with Crippen LogP contribution in [0.15, 0.2) is 49.1 Å². The number of hydrogen-bond donors (Lipinski definition) is 0. The molecule has 3 aliphatic heterocycles. The van der Waals surface area contributed by atoms with Crippen LogP contribution in [-0.2, 0) is 17.8 Å². The van der Waals surface area contributed by atoms with Gasteiger partial charge in [0.2, 0.25) is 5.88 Å². The number of rotatable bonds is 6. The van der Waals surface area contributed by atoms with Gasteiger partial charge in [0, 0.05) is 72.2 Å². The summed E-state index contributed by atoms with van der Waals surface area (Å²) in [5.74, 6) is -1.28. The SMILES string of the molecule is C=C(F)C(=O)N1[C@H](C)CN(c2c(C#N)c(OCC3CCCN3C)nc3c2CCN(c2cccc4cnccc24)C3)C[C@@H]1C. The van der Waals surface area contributed by atoms with Gasteiger partial charge in [0.1, 0.15) is 18.2 Å². The number of ether oxygens (including phenoxy) is 1. The topological polar surface area (TPSA) is 88.8 Å². The van der Waals surface area contributed by atoms with Crippen LogP contribution in [0.2, 0.25) is 0 Å². The molecule has 3 aliphatic rings. The number of pyridine rings is 2. The van der Waals surface area contributed by atoms with Gasteiger partial charge in [0.25, 0.3) is 5.91 Å². The summed E-state index contributed by atoms with van der Waals surface area (Å²) in [5.41, 5.74) is 4.30. The lowest BCUT2D eigenvalue weighted by Gasteiger charge is -2.46. The molecule has 1 unspecified atom stereocenters. The van der Waals surface area contributed by atoms with Crippen molar-refractivity contribution in [2.75, 3.05) is 49.6 Å². The van der Waals surface area contributed by atoms with E-state index in [4.69, 9.17) is 9.72 Å². The van der Waals surface area contributed by atoms with E-state index in [1.54, 1.807) is 4.90 Å². The Kier molecular flexibility index (Phi) is 7.93. The van der Waals surface area contributed by atoms with Crippen LogP contribution in [0, 0.1) is 11.3 Å². The molecule has 5 heterocycles. The van der Waals surface area contributed by atoms with Crippen molar-refractivity contribution in [2.24, 2.45) is 0 Å². The fourth-order valence-corrected chi connectivity index (χ4v) is 7.09. The minimum atomic E-state index is -0.956. The molecule has 0 saturated carbocycles. The van der Waals surface area contributed by atoms with Crippen LogP contribution in [0.1, 0.15) is 43.5 Å². The number of hydrogen-bond acceptors (Lipinski definition) is 8. The number of likely N-dealkylation sites (N-methyl/N-ethyl adjacent to an activating group) is 1. The highest BCUT2D eigenvalue weighted by Crippen LogP contribution is 2.40. The Hall–Kier alpha value is -4.23. The van der Waals surface area contributed by atoms with E-state index in [-0.39, 0.29) is 18.1 Å². The number of anilines is 2. The van der Waals surface area contributed by atoms with Gasteiger partial charge in [0.15, 0.2) is 5.83 Å². The largest absolute Gasteiger partial charge is 0.475 e. The molecule has 224 valence electrons. The average Bonchev–Trinajstić information content (AvgIpc) is 3.42. The van der Waals surface area contributed by atoms with Crippen molar-refractivity contribution in [3.63, 3.8) is 0 Å². The summed E-state index contributed by atoms with van der Waals surface area (Å²) in [6.45, 7) is 10.8. The highest BCUT2D eigenvalue weighted by atomic mass is 19.1. The third-order valence-electron chi connectivity index (χ3n) is 9.19. The Morgan fingerprint density at radius 3 is 2.67 bits per heavy atom. The first-order valence-corrected chi connectivity index (χ1v) is 15.0. The Morgan fingerprint density at radius 2 is 1.98 bits per heavy atom. The van der Waals surface area contributed by atoms with Gasteiger partial charge in [-0.3, -0.25) is 9.78 Å². The van der Waals surface area contributed by atoms with Gasteiger partial charge in [-0.1, -0.05) is 18.7 Å². The standard InChI is InChI=1S/C33H38FN7O2/c1-21-17-40(18-22(2)41(21)33(42)23(3)34)31-27-11-14-39(30-9-5-7-24-16-36-12-10-26(24)30)19-29(27)37-32(28(31)15-35)43-20-25-8-6-13-38(25)4/h5,7,9-10,12,16,21-22,25H,3,6,8,11,13-14,17-20H2,1-2,4H3/t21-,22+,25?. The minimum Gasteiger partial charge on any atom is -0.475 e. The lowest BCUT2D eigenvalue weighted by Crippen LogP contribution is -2.59. The second-order valence-electron chi connectivity index (χ2n) is 12.0. The Labute approximate surface area is 252 Å². The van der Waals surface area contributed by atoms with Gasteiger partial charge in [-0.05, 0) is 58.8 Å². The maximum Gasteiger partial charge on any atom is 0.282 e. The molecule has 2 aromatic heterocycles. The van der Waals surface area contributed by atoms with Gasteiger partial charge in [0.05, 0.1) is 17.9 Å². The summed E-state index contributed by atoms with van der Waals surface area (Å²) in [6, 6.07) is 10.4. The van der Waals surface area contributed by atoms with Crippen LogP contribution in [0.3, 0.4) is 0 Å². The van der Waals surface area contributed by atoms with E-state index in [1.807, 2.05) is 32.3 Å². The summed E-state index contributed by atoms with van der Waals surface area (Å²) >= 11 is 0. The third-order valence-corrected chi connectivity index (χ3v) is 9.19. The number of likely N-dealkylation sites (tertiary alicyclic amines) is 1. The average molecular weight is 584 g/mol. The van der Waals surface area contributed by atoms with Crippen LogP contribution < -0.4 is 14.5 Å². The van der Waals surface area contributed by atoms with Crippen molar-refractivity contribution >= 4 is 28.1 Å². The molecule has 3 atom stereocenters. The lowest BCUT2D eigenvalue weighted by molar-refractivity contribution is -0.133. The molecular weight excluding hydrogens is 545 g/mol. The minimum absolute atomic E-state index is 0.275. The maximum absolute atomic E-state index is 13.9. The fourth-order valence-electron chi connectivity index (χ4n) is 7.09. The van der Waals surface area contributed by atoms with Crippen LogP contribution >= 0.6 is 0 Å². The molecule has 6 rings (SSSR count). The summed E-state index contributed by atoms with van der Waals surface area (Å²) in [6.07, 6.45) is 6.56. The number of amides is 1. The van der Waals surface area contributed by atoms with E-state index >= 15 is 0 Å². The maximum atomic E-state index is 13.9. The molecule has 0 bridgehead atoms. The Balaban J connectivity index is 1.39. The van der Waals surface area contributed by atoms with E-state index < -0.39 is 11.7 Å². The molecule has 3 aromatic rings. The summed E-state index contributed by atoms with van der Waals surface area (Å²) in [5, 5.41) is 12.7. The molecule has 1 aromatic carbocycles. The predicted octanol–water partition coefficient (Wildman–Crippen LogP) is 4.45. The van der Waals surface area contributed by atoms with Crippen molar-refractivity contribution in [2.45, 2.75) is 57.8 Å². The highest BCUT2D eigenvalue weighted by Gasteiger charge is 2.38. The molecule has 1 amide bonds. The lowest BCUT2D eigenvalue weighted by atomic mass is 9.96. The highest BCUT2D eigenvalue weighted by molar-refractivity contribution is 5.94. The Morgan fingerprint density at radius 1 is 1.19 bits per heavy atom. The van der Waals surface area contributed by atoms with Crippen LogP contribution in [0.25, 0.3) is 10.8 Å². The number of carbonyl (C=O) groups excluding carboxylic acids is 1. The second kappa shape index (κ2) is 11.8. The number of piperazine rings is 1. The third kappa shape index (κ3) is 5.38. The first-order valence-electron chi connectivity index (χ1n) is 15.0. The Bertz CT molecular complexity index is 1590.